The second-order valence-electron chi connectivity index (χ2n) is 13.1. The molecule has 0 fully saturated rings. The smallest absolute Gasteiger partial charge is 0.164 e. The molecule has 52 heavy (non-hydrogen) atoms. The molecule has 0 aliphatic rings. The lowest BCUT2D eigenvalue weighted by Gasteiger charge is -2.13. The van der Waals surface area contributed by atoms with Crippen LogP contribution in [0.1, 0.15) is 0 Å². The molecule has 5 heteroatoms. The molecule has 0 atom stereocenters. The van der Waals surface area contributed by atoms with Crippen LogP contribution < -0.4 is 0 Å². The summed E-state index contributed by atoms with van der Waals surface area (Å²) < 4.78 is 13.0. The number of hydrogen-bond acceptors (Lipinski definition) is 5. The molecule has 11 aromatic rings. The first-order valence-corrected chi connectivity index (χ1v) is 17.4. The number of rotatable bonds is 4. The Hall–Kier alpha value is -7.11. The third kappa shape index (κ3) is 4.33. The molecule has 0 aliphatic heterocycles. The Morgan fingerprint density at radius 3 is 1.75 bits per heavy atom. The monoisotopic (exact) mass is 665 g/mol. The van der Waals surface area contributed by atoms with Gasteiger partial charge < -0.3 is 8.83 Å². The van der Waals surface area contributed by atoms with Gasteiger partial charge >= 0.3 is 0 Å². The van der Waals surface area contributed by atoms with Crippen LogP contribution in [0.2, 0.25) is 0 Å². The van der Waals surface area contributed by atoms with Crippen LogP contribution in [-0.4, -0.2) is 15.0 Å². The molecule has 0 spiro atoms. The van der Waals surface area contributed by atoms with Crippen LogP contribution in [0.4, 0.5) is 0 Å². The Balaban J connectivity index is 1.15. The molecular formula is C47H27N3O2. The van der Waals surface area contributed by atoms with E-state index in [9.17, 15) is 0 Å². The number of para-hydroxylation sites is 2. The van der Waals surface area contributed by atoms with E-state index in [0.717, 1.165) is 93.2 Å². The van der Waals surface area contributed by atoms with Gasteiger partial charge in [-0.15, -0.1) is 0 Å². The molecule has 242 valence electrons. The molecule has 0 saturated carbocycles. The van der Waals surface area contributed by atoms with E-state index < -0.39 is 0 Å². The lowest BCUT2D eigenvalue weighted by Crippen LogP contribution is -2.01. The maximum Gasteiger partial charge on any atom is 0.164 e. The Morgan fingerprint density at radius 1 is 0.308 bits per heavy atom. The van der Waals surface area contributed by atoms with E-state index in [1.54, 1.807) is 0 Å². The maximum absolute atomic E-state index is 6.76. The molecule has 8 aromatic carbocycles. The summed E-state index contributed by atoms with van der Waals surface area (Å²) in [5.74, 6) is 1.80. The highest BCUT2D eigenvalue weighted by molar-refractivity contribution is 6.18. The van der Waals surface area contributed by atoms with Gasteiger partial charge in [0.2, 0.25) is 0 Å². The predicted molar refractivity (Wildman–Crippen MR) is 211 cm³/mol. The first-order valence-electron chi connectivity index (χ1n) is 17.4. The average Bonchev–Trinajstić information content (AvgIpc) is 3.80. The van der Waals surface area contributed by atoms with E-state index in [4.69, 9.17) is 23.8 Å². The van der Waals surface area contributed by atoms with Gasteiger partial charge in [-0.25, -0.2) is 15.0 Å². The Morgan fingerprint density at radius 2 is 0.885 bits per heavy atom. The minimum Gasteiger partial charge on any atom is -0.456 e. The minimum atomic E-state index is 0.591. The molecule has 3 aromatic heterocycles. The number of nitrogens with zero attached hydrogens (tertiary/aromatic N) is 3. The zero-order valence-corrected chi connectivity index (χ0v) is 27.7. The highest BCUT2D eigenvalue weighted by atomic mass is 16.3. The molecular weight excluding hydrogens is 639 g/mol. The van der Waals surface area contributed by atoms with Gasteiger partial charge in [-0.3, -0.25) is 0 Å². The molecule has 0 unspecified atom stereocenters. The van der Waals surface area contributed by atoms with Gasteiger partial charge in [0.05, 0.1) is 0 Å². The maximum atomic E-state index is 6.76. The normalized spacial score (nSPS) is 11.8. The van der Waals surface area contributed by atoms with Crippen LogP contribution >= 0.6 is 0 Å². The van der Waals surface area contributed by atoms with Crippen LogP contribution in [0.5, 0.6) is 0 Å². The van der Waals surface area contributed by atoms with Crippen LogP contribution in [0.25, 0.3) is 111 Å². The fraction of sp³-hybridized carbons (Fsp3) is 0. The lowest BCUT2D eigenvalue weighted by molar-refractivity contribution is 0.669. The highest BCUT2D eigenvalue weighted by Crippen LogP contribution is 2.42. The average molecular weight is 666 g/mol. The Kier molecular flexibility index (Phi) is 6.18. The zero-order valence-electron chi connectivity index (χ0n) is 27.7. The first kappa shape index (κ1) is 28.7. The standard InChI is InChI=1S/C47H27N3O2/c1-2-13-29(14-3-1)45-48-46(50-47(49-45)39-23-11-25-41-42(39)38-16-6-7-24-40(38)51-41)37-22-9-17-31-32(18-8-19-33(31)37)34-20-10-21-35-36-27-26-28-12-4-5-15-30(28)43(36)52-44(34)35/h1-27H. The van der Waals surface area contributed by atoms with Gasteiger partial charge in [-0.2, -0.15) is 0 Å². The highest BCUT2D eigenvalue weighted by Gasteiger charge is 2.20. The van der Waals surface area contributed by atoms with Crippen molar-refractivity contribution in [3.8, 4) is 45.3 Å². The lowest BCUT2D eigenvalue weighted by atomic mass is 9.94. The van der Waals surface area contributed by atoms with Crippen molar-refractivity contribution in [2.45, 2.75) is 0 Å². The zero-order chi connectivity index (χ0) is 34.2. The summed E-state index contributed by atoms with van der Waals surface area (Å²) in [4.78, 5) is 15.4. The summed E-state index contributed by atoms with van der Waals surface area (Å²) in [6.45, 7) is 0. The van der Waals surface area contributed by atoms with Gasteiger partial charge in [0, 0.05) is 49.2 Å². The number of furan rings is 2. The van der Waals surface area contributed by atoms with Crippen molar-refractivity contribution in [2.75, 3.05) is 0 Å². The largest absolute Gasteiger partial charge is 0.456 e. The van der Waals surface area contributed by atoms with Crippen molar-refractivity contribution in [1.82, 2.24) is 15.0 Å². The van der Waals surface area contributed by atoms with Gasteiger partial charge in [0.1, 0.15) is 22.3 Å². The van der Waals surface area contributed by atoms with Gasteiger partial charge in [0.25, 0.3) is 0 Å². The second kappa shape index (κ2) is 11.2. The summed E-state index contributed by atoms with van der Waals surface area (Å²) in [6, 6.07) is 56.2. The van der Waals surface area contributed by atoms with Crippen LogP contribution in [0.3, 0.4) is 0 Å². The van der Waals surface area contributed by atoms with Crippen LogP contribution in [0, 0.1) is 0 Å². The van der Waals surface area contributed by atoms with Gasteiger partial charge in [-0.05, 0) is 39.9 Å². The van der Waals surface area contributed by atoms with Gasteiger partial charge in [-0.1, -0.05) is 146 Å². The Labute approximate surface area is 297 Å². The van der Waals surface area contributed by atoms with Crippen molar-refractivity contribution in [3.05, 3.63) is 164 Å². The molecule has 0 N–H and O–H groups in total. The first-order chi connectivity index (χ1) is 25.8. The minimum absolute atomic E-state index is 0.591. The number of hydrogen-bond donors (Lipinski definition) is 0. The molecule has 0 radical (unpaired) electrons. The van der Waals surface area contributed by atoms with Crippen molar-refractivity contribution in [2.24, 2.45) is 0 Å². The van der Waals surface area contributed by atoms with Crippen LogP contribution in [-0.2, 0) is 0 Å². The number of benzene rings is 8. The van der Waals surface area contributed by atoms with Crippen molar-refractivity contribution in [3.63, 3.8) is 0 Å². The fourth-order valence-corrected chi connectivity index (χ4v) is 7.77. The predicted octanol–water partition coefficient (Wildman–Crippen LogP) is 12.6. The van der Waals surface area contributed by atoms with E-state index in [2.05, 4.69) is 103 Å². The summed E-state index contributed by atoms with van der Waals surface area (Å²) in [7, 11) is 0. The molecule has 0 saturated heterocycles. The van der Waals surface area contributed by atoms with E-state index in [0.29, 0.717) is 17.5 Å². The second-order valence-corrected chi connectivity index (χ2v) is 13.1. The quantitative estimate of drug-likeness (QED) is 0.187. The number of aromatic nitrogens is 3. The summed E-state index contributed by atoms with van der Waals surface area (Å²) in [6.07, 6.45) is 0. The molecule has 5 nitrogen and oxygen atoms in total. The Bertz CT molecular complexity index is 3190. The SMILES string of the molecule is c1ccc(-c2nc(-c3cccc4c(-c5cccc6c5oc5c7ccccc7ccc65)cccc34)nc(-c3cccc4oc5ccccc5c34)n2)cc1. The third-order valence-electron chi connectivity index (χ3n) is 10.2. The summed E-state index contributed by atoms with van der Waals surface area (Å²) in [5.41, 5.74) is 8.28. The molecule has 11 rings (SSSR count). The molecule has 0 amide bonds. The fourth-order valence-electron chi connectivity index (χ4n) is 7.77. The third-order valence-corrected chi connectivity index (χ3v) is 10.2. The van der Waals surface area contributed by atoms with Crippen molar-refractivity contribution >= 4 is 65.4 Å². The van der Waals surface area contributed by atoms with Crippen molar-refractivity contribution in [1.29, 1.82) is 0 Å². The van der Waals surface area contributed by atoms with E-state index in [1.165, 1.54) is 0 Å². The van der Waals surface area contributed by atoms with E-state index >= 15 is 0 Å². The molecule has 0 aliphatic carbocycles. The topological polar surface area (TPSA) is 65.0 Å². The van der Waals surface area contributed by atoms with E-state index in [-0.39, 0.29) is 0 Å². The van der Waals surface area contributed by atoms with E-state index in [1.807, 2.05) is 60.7 Å². The molecule has 3 heterocycles. The summed E-state index contributed by atoms with van der Waals surface area (Å²) in [5, 5.41) is 8.63. The number of fused-ring (bicyclic) bond motifs is 9. The molecule has 0 bridgehead atoms. The van der Waals surface area contributed by atoms with Crippen molar-refractivity contribution < 1.29 is 8.83 Å². The summed E-state index contributed by atoms with van der Waals surface area (Å²) >= 11 is 0. The van der Waals surface area contributed by atoms with Crippen LogP contribution in [0.15, 0.2) is 173 Å². The van der Waals surface area contributed by atoms with Gasteiger partial charge in [0.15, 0.2) is 17.5 Å².